The average Bonchev–Trinajstić information content (AvgIpc) is 2.87. The minimum atomic E-state index is 0.535. The van der Waals surface area contributed by atoms with Crippen LogP contribution in [0.25, 0.3) is 0 Å². The van der Waals surface area contributed by atoms with Crippen molar-refractivity contribution >= 4 is 11.3 Å². The fraction of sp³-hybridized carbons (Fsp3) is 0.812. The van der Waals surface area contributed by atoms with Gasteiger partial charge in [-0.2, -0.15) is 0 Å². The first-order chi connectivity index (χ1) is 10.3. The summed E-state index contributed by atoms with van der Waals surface area (Å²) in [6.07, 6.45) is 6.30. The number of aromatic nitrogens is 1. The Hall–Kier alpha value is -0.490. The molecule has 21 heavy (non-hydrogen) atoms. The molecule has 4 nitrogen and oxygen atoms in total. The molecule has 1 aliphatic carbocycles. The lowest BCUT2D eigenvalue weighted by Crippen LogP contribution is -2.47. The zero-order valence-corrected chi connectivity index (χ0v) is 14.0. The molecule has 0 spiro atoms. The Morgan fingerprint density at radius 2 is 2.29 bits per heavy atom. The van der Waals surface area contributed by atoms with E-state index >= 15 is 0 Å². The third-order valence-corrected chi connectivity index (χ3v) is 5.74. The normalized spacial score (nSPS) is 26.8. The molecule has 0 amide bonds. The number of hydrogen-bond acceptors (Lipinski definition) is 5. The molecule has 1 N–H and O–H groups in total. The fourth-order valence-electron chi connectivity index (χ4n) is 3.60. The maximum atomic E-state index is 5.21. The summed E-state index contributed by atoms with van der Waals surface area (Å²) in [7, 11) is 1.79. The Labute approximate surface area is 131 Å². The number of thiazole rings is 1. The standard InChI is InChI=1S/C16H27N3OS/c1-12-17-14-6-3-7-15(16(14)21-12)18-13-5-4-8-19(11-13)9-10-20-2/h13,15,18H,3-11H2,1-2H3. The Bertz CT molecular complexity index is 462. The van der Waals surface area contributed by atoms with Crippen LogP contribution in [-0.4, -0.2) is 49.3 Å². The summed E-state index contributed by atoms with van der Waals surface area (Å²) in [5.41, 5.74) is 1.35. The van der Waals surface area contributed by atoms with Crippen LogP contribution >= 0.6 is 11.3 Å². The largest absolute Gasteiger partial charge is 0.383 e. The van der Waals surface area contributed by atoms with E-state index in [0.717, 1.165) is 19.7 Å². The fourth-order valence-corrected chi connectivity index (χ4v) is 4.67. The van der Waals surface area contributed by atoms with E-state index in [1.807, 2.05) is 11.3 Å². The average molecular weight is 309 g/mol. The molecule has 1 aromatic heterocycles. The van der Waals surface area contributed by atoms with Crippen molar-refractivity contribution in [2.45, 2.75) is 51.1 Å². The predicted molar refractivity (Wildman–Crippen MR) is 87.0 cm³/mol. The zero-order chi connectivity index (χ0) is 14.7. The van der Waals surface area contributed by atoms with Gasteiger partial charge in [-0.25, -0.2) is 4.98 Å². The lowest BCUT2D eigenvalue weighted by molar-refractivity contribution is 0.119. The second kappa shape index (κ2) is 7.18. The summed E-state index contributed by atoms with van der Waals surface area (Å²) in [5.74, 6) is 0. The Morgan fingerprint density at radius 1 is 1.38 bits per heavy atom. The molecule has 1 aliphatic heterocycles. The van der Waals surface area contributed by atoms with Gasteiger partial charge in [-0.3, -0.25) is 4.90 Å². The second-order valence-electron chi connectivity index (χ2n) is 6.29. The van der Waals surface area contributed by atoms with E-state index in [1.54, 1.807) is 7.11 Å². The Balaban J connectivity index is 1.59. The quantitative estimate of drug-likeness (QED) is 0.907. The molecule has 0 aromatic carbocycles. The topological polar surface area (TPSA) is 37.4 Å². The van der Waals surface area contributed by atoms with Crippen LogP contribution < -0.4 is 5.32 Å². The number of piperidine rings is 1. The molecule has 0 radical (unpaired) electrons. The minimum absolute atomic E-state index is 0.535. The highest BCUT2D eigenvalue weighted by molar-refractivity contribution is 7.11. The molecular weight excluding hydrogens is 282 g/mol. The van der Waals surface area contributed by atoms with Gasteiger partial charge in [-0.15, -0.1) is 11.3 Å². The number of likely N-dealkylation sites (tertiary alicyclic amines) is 1. The molecule has 5 heteroatoms. The number of aryl methyl sites for hydroxylation is 2. The van der Waals surface area contributed by atoms with E-state index in [1.165, 1.54) is 54.2 Å². The van der Waals surface area contributed by atoms with Crippen molar-refractivity contribution in [2.24, 2.45) is 0 Å². The van der Waals surface area contributed by atoms with Gasteiger partial charge in [0.1, 0.15) is 0 Å². The Kier molecular flexibility index (Phi) is 5.27. The molecule has 2 aliphatic rings. The summed E-state index contributed by atoms with van der Waals surface area (Å²) >= 11 is 1.89. The van der Waals surface area contributed by atoms with Crippen LogP contribution in [0.15, 0.2) is 0 Å². The van der Waals surface area contributed by atoms with Crippen LogP contribution in [-0.2, 0) is 11.2 Å². The van der Waals surface area contributed by atoms with Gasteiger partial charge in [0.25, 0.3) is 0 Å². The third kappa shape index (κ3) is 3.83. The highest BCUT2D eigenvalue weighted by Crippen LogP contribution is 2.34. The van der Waals surface area contributed by atoms with Crippen molar-refractivity contribution < 1.29 is 4.74 Å². The van der Waals surface area contributed by atoms with Crippen LogP contribution in [0.1, 0.15) is 47.3 Å². The maximum absolute atomic E-state index is 5.21. The van der Waals surface area contributed by atoms with Crippen LogP contribution in [0.2, 0.25) is 0 Å². The van der Waals surface area contributed by atoms with Crippen LogP contribution in [0.3, 0.4) is 0 Å². The molecule has 1 aromatic rings. The van der Waals surface area contributed by atoms with E-state index < -0.39 is 0 Å². The molecule has 118 valence electrons. The van der Waals surface area contributed by atoms with E-state index in [4.69, 9.17) is 9.72 Å². The number of nitrogens with zero attached hydrogens (tertiary/aromatic N) is 2. The van der Waals surface area contributed by atoms with E-state index in [0.29, 0.717) is 12.1 Å². The van der Waals surface area contributed by atoms with Crippen molar-refractivity contribution in [3.8, 4) is 0 Å². The predicted octanol–water partition coefficient (Wildman–Crippen LogP) is 2.53. The zero-order valence-electron chi connectivity index (χ0n) is 13.2. The summed E-state index contributed by atoms with van der Waals surface area (Å²) in [5, 5.41) is 5.14. The van der Waals surface area contributed by atoms with Gasteiger partial charge < -0.3 is 10.1 Å². The first-order valence-electron chi connectivity index (χ1n) is 8.20. The van der Waals surface area contributed by atoms with Gasteiger partial charge in [-0.1, -0.05) is 0 Å². The molecule has 1 saturated heterocycles. The van der Waals surface area contributed by atoms with E-state index in [9.17, 15) is 0 Å². The number of nitrogens with one attached hydrogen (secondary N) is 1. The highest BCUT2D eigenvalue weighted by atomic mass is 32.1. The molecule has 0 saturated carbocycles. The van der Waals surface area contributed by atoms with Gasteiger partial charge in [0, 0.05) is 37.2 Å². The monoisotopic (exact) mass is 309 g/mol. The van der Waals surface area contributed by atoms with Crippen LogP contribution in [0.4, 0.5) is 0 Å². The molecule has 3 rings (SSSR count). The molecule has 2 atom stereocenters. The maximum Gasteiger partial charge on any atom is 0.0900 e. The van der Waals surface area contributed by atoms with Gasteiger partial charge in [-0.05, 0) is 45.6 Å². The minimum Gasteiger partial charge on any atom is -0.383 e. The smallest absolute Gasteiger partial charge is 0.0900 e. The van der Waals surface area contributed by atoms with Crippen molar-refractivity contribution in [3.63, 3.8) is 0 Å². The van der Waals surface area contributed by atoms with Crippen molar-refractivity contribution in [1.29, 1.82) is 0 Å². The Morgan fingerprint density at radius 3 is 3.14 bits per heavy atom. The number of hydrogen-bond donors (Lipinski definition) is 1. The summed E-state index contributed by atoms with van der Waals surface area (Å²) in [4.78, 5) is 8.74. The number of ether oxygens (including phenoxy) is 1. The molecule has 1 fully saturated rings. The number of rotatable bonds is 5. The van der Waals surface area contributed by atoms with Crippen molar-refractivity contribution in [1.82, 2.24) is 15.2 Å². The number of fused-ring (bicyclic) bond motifs is 1. The molecular formula is C16H27N3OS. The van der Waals surface area contributed by atoms with Crippen molar-refractivity contribution in [3.05, 3.63) is 15.6 Å². The SMILES string of the molecule is COCCN1CCCC(NC2CCCc3nc(C)sc32)C1. The second-order valence-corrected chi connectivity index (χ2v) is 7.52. The molecule has 2 heterocycles. The lowest BCUT2D eigenvalue weighted by Gasteiger charge is -2.36. The molecule has 0 bridgehead atoms. The van der Waals surface area contributed by atoms with Gasteiger partial charge in [0.15, 0.2) is 0 Å². The van der Waals surface area contributed by atoms with Gasteiger partial charge in [0.2, 0.25) is 0 Å². The van der Waals surface area contributed by atoms with E-state index in [-0.39, 0.29) is 0 Å². The summed E-state index contributed by atoms with van der Waals surface area (Å²) in [6, 6.07) is 1.15. The van der Waals surface area contributed by atoms with Crippen molar-refractivity contribution in [2.75, 3.05) is 33.4 Å². The highest BCUT2D eigenvalue weighted by Gasteiger charge is 2.27. The van der Waals surface area contributed by atoms with Gasteiger partial charge in [0.05, 0.1) is 17.3 Å². The summed E-state index contributed by atoms with van der Waals surface area (Å²) in [6.45, 7) is 6.41. The van der Waals surface area contributed by atoms with Gasteiger partial charge >= 0.3 is 0 Å². The first kappa shape index (κ1) is 15.4. The lowest BCUT2D eigenvalue weighted by atomic mass is 9.96. The van der Waals surface area contributed by atoms with E-state index in [2.05, 4.69) is 17.1 Å². The van der Waals surface area contributed by atoms with Crippen LogP contribution in [0.5, 0.6) is 0 Å². The van der Waals surface area contributed by atoms with Crippen LogP contribution in [0, 0.1) is 6.92 Å². The summed E-state index contributed by atoms with van der Waals surface area (Å²) < 4.78 is 5.21. The molecule has 2 unspecified atom stereocenters. The first-order valence-corrected chi connectivity index (χ1v) is 9.01. The third-order valence-electron chi connectivity index (χ3n) is 4.61. The number of methoxy groups -OCH3 is 1.